The van der Waals surface area contributed by atoms with E-state index in [1.54, 1.807) is 0 Å². The van der Waals surface area contributed by atoms with Crippen molar-refractivity contribution in [2.45, 2.75) is 63.9 Å². The Bertz CT molecular complexity index is 701. The first-order valence-electron chi connectivity index (χ1n) is 9.98. The molecule has 0 radical (unpaired) electrons. The van der Waals surface area contributed by atoms with Crippen molar-refractivity contribution < 1.29 is 19.4 Å². The van der Waals surface area contributed by atoms with Gasteiger partial charge in [0, 0.05) is 11.8 Å². The molecular formula is C22H28O4. The molecule has 0 aromatic heterocycles. The van der Waals surface area contributed by atoms with Gasteiger partial charge in [0.2, 0.25) is 0 Å². The van der Waals surface area contributed by atoms with Crippen LogP contribution in [0.15, 0.2) is 11.6 Å². The maximum absolute atomic E-state index is 11.8. The maximum atomic E-state index is 11.8. The molecule has 4 heteroatoms. The van der Waals surface area contributed by atoms with E-state index < -0.39 is 18.2 Å². The van der Waals surface area contributed by atoms with Crippen molar-refractivity contribution in [1.82, 2.24) is 0 Å². The minimum absolute atomic E-state index is 0.223. The van der Waals surface area contributed by atoms with Gasteiger partial charge in [-0.05, 0) is 74.7 Å². The summed E-state index contributed by atoms with van der Waals surface area (Å²) in [5.74, 6) is 4.72. The van der Waals surface area contributed by atoms with Gasteiger partial charge in [-0.1, -0.05) is 18.4 Å². The monoisotopic (exact) mass is 356 g/mol. The molecule has 0 spiro atoms. The number of carbonyl (C=O) groups is 2. The number of esters is 1. The average molecular weight is 356 g/mol. The number of aliphatic hydroxyl groups excluding tert-OH is 1. The molecule has 3 fully saturated rings. The second kappa shape index (κ2) is 6.23. The maximum Gasteiger partial charge on any atom is 0.333 e. The number of hydrogen-bond donors (Lipinski definition) is 1. The van der Waals surface area contributed by atoms with Gasteiger partial charge in [-0.3, -0.25) is 4.79 Å². The topological polar surface area (TPSA) is 63.6 Å². The van der Waals surface area contributed by atoms with Crippen molar-refractivity contribution in [3.63, 3.8) is 0 Å². The van der Waals surface area contributed by atoms with Crippen molar-refractivity contribution in [2.24, 2.45) is 29.1 Å². The summed E-state index contributed by atoms with van der Waals surface area (Å²) >= 11 is 0. The predicted molar refractivity (Wildman–Crippen MR) is 96.8 cm³/mol. The van der Waals surface area contributed by atoms with Crippen LogP contribution in [0.1, 0.15) is 58.3 Å². The summed E-state index contributed by atoms with van der Waals surface area (Å²) in [4.78, 5) is 23.6. The van der Waals surface area contributed by atoms with Gasteiger partial charge in [-0.2, -0.15) is 0 Å². The molecule has 0 aliphatic heterocycles. The lowest BCUT2D eigenvalue weighted by atomic mass is 9.50. The Morgan fingerprint density at radius 1 is 1.27 bits per heavy atom. The fraction of sp³-hybridized carbons (Fsp3) is 0.727. The van der Waals surface area contributed by atoms with Crippen LogP contribution in [0.4, 0.5) is 0 Å². The Morgan fingerprint density at radius 3 is 2.81 bits per heavy atom. The van der Waals surface area contributed by atoms with Crippen molar-refractivity contribution in [2.75, 3.05) is 6.61 Å². The van der Waals surface area contributed by atoms with E-state index in [4.69, 9.17) is 16.3 Å². The summed E-state index contributed by atoms with van der Waals surface area (Å²) in [7, 11) is 0. The van der Waals surface area contributed by atoms with E-state index in [0.29, 0.717) is 42.3 Å². The van der Waals surface area contributed by atoms with E-state index >= 15 is 0 Å². The lowest BCUT2D eigenvalue weighted by Gasteiger charge is -2.55. The minimum Gasteiger partial charge on any atom is -0.444 e. The molecule has 26 heavy (non-hydrogen) atoms. The molecule has 0 amide bonds. The summed E-state index contributed by atoms with van der Waals surface area (Å²) in [5, 5.41) is 9.15. The molecule has 1 N–H and O–H groups in total. The number of hydrogen-bond acceptors (Lipinski definition) is 4. The van der Waals surface area contributed by atoms with Crippen molar-refractivity contribution in [3.8, 4) is 12.3 Å². The molecule has 0 saturated heterocycles. The van der Waals surface area contributed by atoms with Crippen LogP contribution >= 0.6 is 0 Å². The molecule has 4 aliphatic carbocycles. The summed E-state index contributed by atoms with van der Waals surface area (Å²) in [5.41, 5.74) is 0.264. The highest BCUT2D eigenvalue weighted by atomic mass is 16.6. The van der Waals surface area contributed by atoms with E-state index in [-0.39, 0.29) is 5.41 Å². The van der Waals surface area contributed by atoms with Gasteiger partial charge in [0.25, 0.3) is 0 Å². The van der Waals surface area contributed by atoms with Crippen LogP contribution in [0.3, 0.4) is 0 Å². The van der Waals surface area contributed by atoms with E-state index in [1.165, 1.54) is 5.57 Å². The lowest BCUT2D eigenvalue weighted by Crippen LogP contribution is -2.54. The van der Waals surface area contributed by atoms with Crippen LogP contribution in [0.5, 0.6) is 0 Å². The van der Waals surface area contributed by atoms with Crippen LogP contribution in [-0.4, -0.2) is 29.1 Å². The Morgan fingerprint density at radius 2 is 2.08 bits per heavy atom. The highest BCUT2D eigenvalue weighted by Crippen LogP contribution is 2.65. The van der Waals surface area contributed by atoms with Crippen LogP contribution in [0.25, 0.3) is 0 Å². The van der Waals surface area contributed by atoms with Crippen LogP contribution < -0.4 is 0 Å². The normalized spacial score (nSPS) is 44.2. The van der Waals surface area contributed by atoms with E-state index in [0.717, 1.165) is 38.5 Å². The van der Waals surface area contributed by atoms with E-state index in [2.05, 4.69) is 12.8 Å². The Hall–Kier alpha value is -1.60. The van der Waals surface area contributed by atoms with Crippen molar-refractivity contribution >= 4 is 11.8 Å². The lowest BCUT2D eigenvalue weighted by molar-refractivity contribution is -0.173. The molecule has 0 aromatic rings. The number of carbonyl (C=O) groups excluding carboxylic acids is 2. The highest BCUT2D eigenvalue weighted by Gasteiger charge is 2.64. The minimum atomic E-state index is -0.888. The summed E-state index contributed by atoms with van der Waals surface area (Å²) < 4.78 is 5.69. The summed E-state index contributed by atoms with van der Waals surface area (Å²) in [6, 6.07) is 0. The molecule has 4 nitrogen and oxygen atoms in total. The molecule has 140 valence electrons. The van der Waals surface area contributed by atoms with Gasteiger partial charge >= 0.3 is 5.97 Å². The fourth-order valence-corrected chi connectivity index (χ4v) is 6.84. The molecule has 0 bridgehead atoms. The molecular weight excluding hydrogens is 328 g/mol. The van der Waals surface area contributed by atoms with Crippen LogP contribution in [-0.2, 0) is 14.3 Å². The smallest absolute Gasteiger partial charge is 0.333 e. The Kier molecular flexibility index (Phi) is 4.27. The van der Waals surface area contributed by atoms with E-state index in [9.17, 15) is 9.59 Å². The zero-order chi connectivity index (χ0) is 18.5. The molecule has 0 heterocycles. The fourth-order valence-electron chi connectivity index (χ4n) is 6.84. The number of allylic oxidation sites excluding steroid dienone is 1. The highest BCUT2D eigenvalue weighted by molar-refractivity contribution is 5.91. The number of aliphatic hydroxyl groups is 1. The first-order chi connectivity index (χ1) is 12.4. The third-order valence-corrected chi connectivity index (χ3v) is 8.07. The van der Waals surface area contributed by atoms with Crippen LogP contribution in [0.2, 0.25) is 0 Å². The third-order valence-electron chi connectivity index (χ3n) is 8.07. The quantitative estimate of drug-likeness (QED) is 0.610. The molecule has 3 saturated carbocycles. The molecule has 4 aliphatic rings. The second-order valence-corrected chi connectivity index (χ2v) is 8.90. The summed E-state index contributed by atoms with van der Waals surface area (Å²) in [6.07, 6.45) is 15.3. The zero-order valence-electron chi connectivity index (χ0n) is 15.5. The molecule has 6 atom stereocenters. The van der Waals surface area contributed by atoms with Gasteiger partial charge < -0.3 is 9.84 Å². The number of fused-ring (bicyclic) bond motifs is 5. The Labute approximate surface area is 155 Å². The van der Waals surface area contributed by atoms with Gasteiger partial charge in [0.15, 0.2) is 11.4 Å². The van der Waals surface area contributed by atoms with Gasteiger partial charge in [-0.25, -0.2) is 4.79 Å². The van der Waals surface area contributed by atoms with E-state index in [1.807, 2.05) is 6.08 Å². The number of rotatable bonds is 2. The zero-order valence-corrected chi connectivity index (χ0v) is 15.5. The third kappa shape index (κ3) is 2.40. The molecule has 4 rings (SSSR count). The second-order valence-electron chi connectivity index (χ2n) is 8.90. The predicted octanol–water partition coefficient (Wildman–Crippen LogP) is 3.04. The number of ether oxygens (including phenoxy) is 1. The van der Waals surface area contributed by atoms with Crippen molar-refractivity contribution in [3.05, 3.63) is 11.6 Å². The van der Waals surface area contributed by atoms with Gasteiger partial charge in [-0.15, -0.1) is 6.42 Å². The molecule has 0 aromatic carbocycles. The SMILES string of the molecule is C#C[C@]1(OC(=O)CO)CC[C@H]2[C@@H]3CCC4=CC(=O)CC[C@@H]4[C@H]3CC[C@@]21C. The van der Waals surface area contributed by atoms with Gasteiger partial charge in [0.05, 0.1) is 0 Å². The number of ketones is 1. The van der Waals surface area contributed by atoms with Gasteiger partial charge in [0.1, 0.15) is 6.61 Å². The number of terminal acetylenes is 1. The average Bonchev–Trinajstić information content (AvgIpc) is 2.94. The first-order valence-corrected chi connectivity index (χ1v) is 9.98. The largest absolute Gasteiger partial charge is 0.444 e. The van der Waals surface area contributed by atoms with Crippen molar-refractivity contribution in [1.29, 1.82) is 0 Å². The first kappa shape index (κ1) is 17.8. The Balaban J connectivity index is 1.62. The summed E-state index contributed by atoms with van der Waals surface area (Å²) in [6.45, 7) is 1.57. The standard InChI is InChI=1S/C22H28O4/c1-3-22(26-20(25)13-23)11-9-19-18-6-4-14-12-15(24)5-7-16(14)17(18)8-10-21(19,22)2/h1,12,16-19,23H,4-11,13H2,2H3/t16-,17+,18+,19-,21-,22-/m0/s1. The van der Waals surface area contributed by atoms with Crippen LogP contribution in [0, 0.1) is 41.4 Å². The molecule has 0 unspecified atom stereocenters.